The molecule has 4 nitrogen and oxygen atoms in total. The standard InChI is InChI=1S/C13H20N2O2/c1-9(2)15-12-7-5-4-6-11(12)13(17)14-8-10(3)16/h4-7,9-10,15-16H,8H2,1-3H3,(H,14,17). The second-order valence-electron chi connectivity index (χ2n) is 4.40. The Kier molecular flexibility index (Phi) is 4.97. The average molecular weight is 236 g/mol. The van der Waals surface area contributed by atoms with Crippen molar-refractivity contribution in [1.29, 1.82) is 0 Å². The second kappa shape index (κ2) is 6.25. The van der Waals surface area contributed by atoms with Gasteiger partial charge in [-0.1, -0.05) is 12.1 Å². The molecule has 1 unspecified atom stereocenters. The molecule has 4 heteroatoms. The zero-order chi connectivity index (χ0) is 12.8. The lowest BCUT2D eigenvalue weighted by Crippen LogP contribution is -2.31. The van der Waals surface area contributed by atoms with Crippen molar-refractivity contribution in [1.82, 2.24) is 5.32 Å². The number of aliphatic hydroxyl groups is 1. The van der Waals surface area contributed by atoms with Gasteiger partial charge < -0.3 is 15.7 Å². The molecule has 0 aromatic heterocycles. The molecule has 0 bridgehead atoms. The molecule has 0 saturated carbocycles. The monoisotopic (exact) mass is 236 g/mol. The molecular formula is C13H20N2O2. The van der Waals surface area contributed by atoms with Crippen molar-refractivity contribution in [3.8, 4) is 0 Å². The van der Waals surface area contributed by atoms with Gasteiger partial charge in [-0.05, 0) is 32.9 Å². The first-order chi connectivity index (χ1) is 8.00. The van der Waals surface area contributed by atoms with Crippen LogP contribution >= 0.6 is 0 Å². The smallest absolute Gasteiger partial charge is 0.253 e. The third-order valence-electron chi connectivity index (χ3n) is 2.17. The van der Waals surface area contributed by atoms with Gasteiger partial charge in [-0.3, -0.25) is 4.79 Å². The molecule has 0 heterocycles. The molecule has 1 aromatic rings. The van der Waals surface area contributed by atoms with E-state index in [4.69, 9.17) is 5.11 Å². The van der Waals surface area contributed by atoms with Crippen LogP contribution in [0.25, 0.3) is 0 Å². The van der Waals surface area contributed by atoms with E-state index in [1.165, 1.54) is 0 Å². The van der Waals surface area contributed by atoms with Gasteiger partial charge in [0.05, 0.1) is 11.7 Å². The number of amides is 1. The summed E-state index contributed by atoms with van der Waals surface area (Å²) in [5.41, 5.74) is 1.41. The van der Waals surface area contributed by atoms with E-state index in [1.807, 2.05) is 32.0 Å². The summed E-state index contributed by atoms with van der Waals surface area (Å²) in [7, 11) is 0. The van der Waals surface area contributed by atoms with Crippen LogP contribution in [0.15, 0.2) is 24.3 Å². The van der Waals surface area contributed by atoms with E-state index < -0.39 is 6.10 Å². The van der Waals surface area contributed by atoms with Crippen LogP contribution in [0.1, 0.15) is 31.1 Å². The van der Waals surface area contributed by atoms with Crippen molar-refractivity contribution in [3.63, 3.8) is 0 Å². The number of hydrogen-bond acceptors (Lipinski definition) is 3. The predicted octanol–water partition coefficient (Wildman–Crippen LogP) is 1.62. The van der Waals surface area contributed by atoms with Crippen LogP contribution in [0, 0.1) is 0 Å². The molecule has 3 N–H and O–H groups in total. The number of rotatable bonds is 5. The molecule has 1 rings (SSSR count). The molecule has 0 aliphatic heterocycles. The zero-order valence-corrected chi connectivity index (χ0v) is 10.5. The van der Waals surface area contributed by atoms with Crippen LogP contribution in [0.4, 0.5) is 5.69 Å². The number of carbonyl (C=O) groups excluding carboxylic acids is 1. The van der Waals surface area contributed by atoms with Crippen LogP contribution in [-0.2, 0) is 0 Å². The Morgan fingerprint density at radius 3 is 2.53 bits per heavy atom. The van der Waals surface area contributed by atoms with Crippen LogP contribution in [0.5, 0.6) is 0 Å². The first-order valence-electron chi connectivity index (χ1n) is 5.82. The van der Waals surface area contributed by atoms with E-state index in [9.17, 15) is 4.79 Å². The highest BCUT2D eigenvalue weighted by molar-refractivity contribution is 5.99. The predicted molar refractivity (Wildman–Crippen MR) is 69.2 cm³/mol. The molecule has 0 aliphatic carbocycles. The molecule has 1 atom stereocenters. The number of para-hydroxylation sites is 1. The molecule has 1 amide bonds. The summed E-state index contributed by atoms with van der Waals surface area (Å²) in [6, 6.07) is 7.61. The van der Waals surface area contributed by atoms with Gasteiger partial charge in [-0.15, -0.1) is 0 Å². The summed E-state index contributed by atoms with van der Waals surface area (Å²) in [4.78, 5) is 11.9. The molecule has 0 fully saturated rings. The molecule has 0 aliphatic rings. The fourth-order valence-corrected chi connectivity index (χ4v) is 1.45. The Labute approximate surface area is 102 Å². The highest BCUT2D eigenvalue weighted by atomic mass is 16.3. The Morgan fingerprint density at radius 1 is 1.29 bits per heavy atom. The van der Waals surface area contributed by atoms with E-state index in [0.717, 1.165) is 5.69 Å². The average Bonchev–Trinajstić information content (AvgIpc) is 2.25. The maximum atomic E-state index is 11.9. The summed E-state index contributed by atoms with van der Waals surface area (Å²) < 4.78 is 0. The van der Waals surface area contributed by atoms with Crippen LogP contribution < -0.4 is 10.6 Å². The topological polar surface area (TPSA) is 61.4 Å². The quantitative estimate of drug-likeness (QED) is 0.728. The van der Waals surface area contributed by atoms with Crippen molar-refractivity contribution >= 4 is 11.6 Å². The number of hydrogen-bond donors (Lipinski definition) is 3. The Morgan fingerprint density at radius 2 is 1.94 bits per heavy atom. The van der Waals surface area contributed by atoms with Gasteiger partial charge >= 0.3 is 0 Å². The Bertz CT molecular complexity index is 375. The van der Waals surface area contributed by atoms with Gasteiger partial charge in [0.1, 0.15) is 0 Å². The maximum Gasteiger partial charge on any atom is 0.253 e. The highest BCUT2D eigenvalue weighted by Crippen LogP contribution is 2.15. The normalized spacial score (nSPS) is 12.3. The Hall–Kier alpha value is -1.55. The molecule has 1 aromatic carbocycles. The fraction of sp³-hybridized carbons (Fsp3) is 0.462. The van der Waals surface area contributed by atoms with Gasteiger partial charge in [0, 0.05) is 18.3 Å². The third kappa shape index (κ3) is 4.44. The lowest BCUT2D eigenvalue weighted by atomic mass is 10.1. The minimum Gasteiger partial charge on any atom is -0.392 e. The first-order valence-corrected chi connectivity index (χ1v) is 5.82. The van der Waals surface area contributed by atoms with Gasteiger partial charge in [0.15, 0.2) is 0 Å². The number of carbonyl (C=O) groups is 1. The van der Waals surface area contributed by atoms with Crippen LogP contribution in [-0.4, -0.2) is 29.7 Å². The fourth-order valence-electron chi connectivity index (χ4n) is 1.45. The molecule has 94 valence electrons. The van der Waals surface area contributed by atoms with Crippen molar-refractivity contribution in [2.24, 2.45) is 0 Å². The van der Waals surface area contributed by atoms with E-state index in [0.29, 0.717) is 5.56 Å². The molecule has 17 heavy (non-hydrogen) atoms. The molecule has 0 saturated heterocycles. The summed E-state index contributed by atoms with van der Waals surface area (Å²) in [6.07, 6.45) is -0.538. The van der Waals surface area contributed by atoms with E-state index >= 15 is 0 Å². The van der Waals surface area contributed by atoms with Crippen LogP contribution in [0.3, 0.4) is 0 Å². The highest BCUT2D eigenvalue weighted by Gasteiger charge is 2.11. The van der Waals surface area contributed by atoms with E-state index in [1.54, 1.807) is 13.0 Å². The number of benzene rings is 1. The molecule has 0 radical (unpaired) electrons. The summed E-state index contributed by atoms with van der Waals surface area (Å²) in [5, 5.41) is 15.0. The number of anilines is 1. The van der Waals surface area contributed by atoms with Gasteiger partial charge in [0.2, 0.25) is 0 Å². The number of aliphatic hydroxyl groups excluding tert-OH is 1. The summed E-state index contributed by atoms with van der Waals surface area (Å²) >= 11 is 0. The van der Waals surface area contributed by atoms with Gasteiger partial charge in [-0.2, -0.15) is 0 Å². The van der Waals surface area contributed by atoms with Crippen molar-refractivity contribution < 1.29 is 9.90 Å². The molecule has 0 spiro atoms. The summed E-state index contributed by atoms with van der Waals surface area (Å²) in [6.45, 7) is 5.93. The lowest BCUT2D eigenvalue weighted by Gasteiger charge is -2.15. The van der Waals surface area contributed by atoms with Crippen molar-refractivity contribution in [2.45, 2.75) is 32.9 Å². The second-order valence-corrected chi connectivity index (χ2v) is 4.40. The minimum absolute atomic E-state index is 0.172. The van der Waals surface area contributed by atoms with Gasteiger partial charge in [0.25, 0.3) is 5.91 Å². The number of nitrogens with one attached hydrogen (secondary N) is 2. The Balaban J connectivity index is 2.78. The minimum atomic E-state index is -0.538. The lowest BCUT2D eigenvalue weighted by molar-refractivity contribution is 0.0925. The SMILES string of the molecule is CC(O)CNC(=O)c1ccccc1NC(C)C. The summed E-state index contributed by atoms with van der Waals surface area (Å²) in [5.74, 6) is -0.172. The first kappa shape index (κ1) is 13.5. The van der Waals surface area contributed by atoms with Crippen LogP contribution in [0.2, 0.25) is 0 Å². The van der Waals surface area contributed by atoms with E-state index in [2.05, 4.69) is 10.6 Å². The zero-order valence-electron chi connectivity index (χ0n) is 10.5. The van der Waals surface area contributed by atoms with Crippen molar-refractivity contribution in [3.05, 3.63) is 29.8 Å². The third-order valence-corrected chi connectivity index (χ3v) is 2.17. The largest absolute Gasteiger partial charge is 0.392 e. The van der Waals surface area contributed by atoms with E-state index in [-0.39, 0.29) is 18.5 Å². The van der Waals surface area contributed by atoms with Gasteiger partial charge in [-0.25, -0.2) is 0 Å². The molecular weight excluding hydrogens is 216 g/mol. The van der Waals surface area contributed by atoms with Crippen molar-refractivity contribution in [2.75, 3.05) is 11.9 Å². The maximum absolute atomic E-state index is 11.9.